The van der Waals surface area contributed by atoms with Crippen molar-refractivity contribution in [2.75, 3.05) is 38.0 Å². The molecule has 0 aliphatic carbocycles. The fraction of sp³-hybridized carbons (Fsp3) is 0.524. The first-order chi connectivity index (χ1) is 14.9. The molecule has 1 atom stereocenters. The summed E-state index contributed by atoms with van der Waals surface area (Å²) in [5.74, 6) is 0.248. The quantitative estimate of drug-likeness (QED) is 0.575. The molecule has 2 amide bonds. The van der Waals surface area contributed by atoms with Crippen molar-refractivity contribution in [2.24, 2.45) is 0 Å². The monoisotopic (exact) mass is 444 g/mol. The summed E-state index contributed by atoms with van der Waals surface area (Å²) in [7, 11) is 0. The van der Waals surface area contributed by atoms with E-state index in [9.17, 15) is 14.7 Å². The van der Waals surface area contributed by atoms with Crippen LogP contribution in [-0.2, 0) is 17.8 Å². The fourth-order valence-electron chi connectivity index (χ4n) is 3.96. The predicted molar refractivity (Wildman–Crippen MR) is 118 cm³/mol. The summed E-state index contributed by atoms with van der Waals surface area (Å²) >= 11 is 1.78. The smallest absolute Gasteiger partial charge is 0.270 e. The Hall–Kier alpha value is -2.56. The van der Waals surface area contributed by atoms with Crippen LogP contribution in [0, 0.1) is 6.92 Å². The van der Waals surface area contributed by atoms with Crippen LogP contribution in [0.15, 0.2) is 17.8 Å². The van der Waals surface area contributed by atoms with E-state index in [1.54, 1.807) is 29.2 Å². The van der Waals surface area contributed by atoms with Gasteiger partial charge in [0, 0.05) is 57.1 Å². The van der Waals surface area contributed by atoms with E-state index in [-0.39, 0.29) is 30.1 Å². The second-order valence-electron chi connectivity index (χ2n) is 8.22. The summed E-state index contributed by atoms with van der Waals surface area (Å²) in [6.07, 6.45) is 1.69. The SMILES string of the molecule is CC(=O)N1CC(Nc2cc(C(=O)NC[C@H](O)CN3CCc4c(C)csc4C3)ncn2)C1. The first-order valence-corrected chi connectivity index (χ1v) is 11.4. The van der Waals surface area contributed by atoms with Gasteiger partial charge in [-0.05, 0) is 29.9 Å². The number of nitrogens with zero attached hydrogens (tertiary/aromatic N) is 4. The molecule has 0 radical (unpaired) electrons. The molecule has 9 nitrogen and oxygen atoms in total. The molecule has 2 aromatic heterocycles. The molecule has 0 spiro atoms. The van der Waals surface area contributed by atoms with Gasteiger partial charge in [-0.15, -0.1) is 11.3 Å². The molecule has 166 valence electrons. The summed E-state index contributed by atoms with van der Waals surface area (Å²) in [4.78, 5) is 37.3. The van der Waals surface area contributed by atoms with Crippen molar-refractivity contribution in [3.8, 4) is 0 Å². The molecule has 0 saturated carbocycles. The molecular formula is C21H28N6O3S. The van der Waals surface area contributed by atoms with E-state index in [0.29, 0.717) is 25.5 Å². The number of thiophene rings is 1. The summed E-state index contributed by atoms with van der Waals surface area (Å²) in [6, 6.07) is 1.71. The van der Waals surface area contributed by atoms with E-state index in [2.05, 4.69) is 37.8 Å². The average molecular weight is 445 g/mol. The lowest BCUT2D eigenvalue weighted by Gasteiger charge is -2.39. The van der Waals surface area contributed by atoms with E-state index < -0.39 is 6.10 Å². The first-order valence-electron chi connectivity index (χ1n) is 10.5. The van der Waals surface area contributed by atoms with Crippen LogP contribution in [0.25, 0.3) is 0 Å². The molecule has 0 unspecified atom stereocenters. The summed E-state index contributed by atoms with van der Waals surface area (Å²) in [6.45, 7) is 7.38. The van der Waals surface area contributed by atoms with Gasteiger partial charge in [0.15, 0.2) is 0 Å². The zero-order valence-corrected chi connectivity index (χ0v) is 18.6. The largest absolute Gasteiger partial charge is 0.390 e. The van der Waals surface area contributed by atoms with Crippen LogP contribution >= 0.6 is 11.3 Å². The molecule has 0 bridgehead atoms. The topological polar surface area (TPSA) is 111 Å². The third kappa shape index (κ3) is 5.20. The standard InChI is InChI=1S/C21H28N6O3S/c1-13-11-31-19-10-26(4-3-17(13)19)9-16(29)6-22-21(30)18-5-20(24-12-23-18)25-15-7-27(8-15)14(2)28/h5,11-12,15-16,29H,3-4,6-10H2,1-2H3,(H,22,30)(H,23,24,25)/t16-/m0/s1. The highest BCUT2D eigenvalue weighted by molar-refractivity contribution is 7.10. The van der Waals surface area contributed by atoms with Crippen molar-refractivity contribution >= 4 is 29.0 Å². The fourth-order valence-corrected chi connectivity index (χ4v) is 5.08. The van der Waals surface area contributed by atoms with Crippen LogP contribution in [0.3, 0.4) is 0 Å². The molecule has 2 aliphatic rings. The molecule has 2 aromatic rings. The summed E-state index contributed by atoms with van der Waals surface area (Å²) < 4.78 is 0. The maximum atomic E-state index is 12.5. The summed E-state index contributed by atoms with van der Waals surface area (Å²) in [5.41, 5.74) is 3.05. The molecular weight excluding hydrogens is 416 g/mol. The lowest BCUT2D eigenvalue weighted by atomic mass is 10.0. The number of anilines is 1. The van der Waals surface area contributed by atoms with Crippen molar-refractivity contribution < 1.29 is 14.7 Å². The number of β-amino-alcohol motifs (C(OH)–C–C–N with tert-alkyl or cyclic N) is 1. The number of aliphatic hydroxyl groups is 1. The van der Waals surface area contributed by atoms with Crippen LogP contribution in [0.2, 0.25) is 0 Å². The number of hydrogen-bond donors (Lipinski definition) is 3. The zero-order chi connectivity index (χ0) is 22.0. The normalized spacial score (nSPS) is 17.6. The molecule has 1 fully saturated rings. The Balaban J connectivity index is 1.23. The highest BCUT2D eigenvalue weighted by Gasteiger charge is 2.28. The van der Waals surface area contributed by atoms with E-state index in [1.807, 2.05) is 0 Å². The van der Waals surface area contributed by atoms with E-state index >= 15 is 0 Å². The molecule has 0 aromatic carbocycles. The molecule has 3 N–H and O–H groups in total. The predicted octanol–water partition coefficient (Wildman–Crippen LogP) is 0.638. The van der Waals surface area contributed by atoms with Crippen LogP contribution < -0.4 is 10.6 Å². The number of aromatic nitrogens is 2. The highest BCUT2D eigenvalue weighted by atomic mass is 32.1. The van der Waals surface area contributed by atoms with Crippen molar-refractivity contribution in [3.05, 3.63) is 39.5 Å². The lowest BCUT2D eigenvalue weighted by Crippen LogP contribution is -2.56. The van der Waals surface area contributed by atoms with Gasteiger partial charge in [0.2, 0.25) is 5.91 Å². The van der Waals surface area contributed by atoms with E-state index in [4.69, 9.17) is 0 Å². The Morgan fingerprint density at radius 2 is 2.16 bits per heavy atom. The number of aryl methyl sites for hydroxylation is 1. The number of rotatable bonds is 7. The number of likely N-dealkylation sites (tertiary alicyclic amines) is 1. The minimum absolute atomic E-state index is 0.0508. The molecule has 31 heavy (non-hydrogen) atoms. The van der Waals surface area contributed by atoms with E-state index in [1.165, 1.54) is 22.3 Å². The van der Waals surface area contributed by atoms with E-state index in [0.717, 1.165) is 19.5 Å². The van der Waals surface area contributed by atoms with Gasteiger partial charge in [-0.1, -0.05) is 0 Å². The third-order valence-corrected chi connectivity index (χ3v) is 6.91. The molecule has 4 rings (SSSR count). The minimum Gasteiger partial charge on any atom is -0.390 e. The number of amides is 2. The number of nitrogens with one attached hydrogen (secondary N) is 2. The molecule has 4 heterocycles. The Kier molecular flexibility index (Phi) is 6.49. The molecule has 1 saturated heterocycles. The van der Waals surface area contributed by atoms with Crippen molar-refractivity contribution in [1.82, 2.24) is 25.1 Å². The summed E-state index contributed by atoms with van der Waals surface area (Å²) in [5, 5.41) is 18.6. The number of carbonyl (C=O) groups is 2. The second kappa shape index (κ2) is 9.29. The third-order valence-electron chi connectivity index (χ3n) is 5.78. The van der Waals surface area contributed by atoms with Gasteiger partial charge in [-0.3, -0.25) is 14.5 Å². The van der Waals surface area contributed by atoms with Gasteiger partial charge in [-0.25, -0.2) is 9.97 Å². The number of hydrogen-bond acceptors (Lipinski definition) is 8. The molecule has 10 heteroatoms. The zero-order valence-electron chi connectivity index (χ0n) is 17.8. The average Bonchev–Trinajstić information content (AvgIpc) is 3.08. The van der Waals surface area contributed by atoms with Crippen LogP contribution in [-0.4, -0.2) is 81.6 Å². The number of aliphatic hydroxyl groups excluding tert-OH is 1. The Bertz CT molecular complexity index is 958. The maximum absolute atomic E-state index is 12.5. The van der Waals surface area contributed by atoms with Gasteiger partial charge in [0.25, 0.3) is 5.91 Å². The van der Waals surface area contributed by atoms with Crippen LogP contribution in [0.4, 0.5) is 5.82 Å². The van der Waals surface area contributed by atoms with Crippen molar-refractivity contribution in [1.29, 1.82) is 0 Å². The Morgan fingerprint density at radius 3 is 2.94 bits per heavy atom. The van der Waals surface area contributed by atoms with Crippen LogP contribution in [0.1, 0.15) is 33.4 Å². The minimum atomic E-state index is -0.654. The number of carbonyl (C=O) groups excluding carboxylic acids is 2. The molecule has 2 aliphatic heterocycles. The Labute approximate surface area is 185 Å². The van der Waals surface area contributed by atoms with Gasteiger partial charge in [0.1, 0.15) is 17.8 Å². The Morgan fingerprint density at radius 1 is 1.35 bits per heavy atom. The first kappa shape index (κ1) is 21.7. The van der Waals surface area contributed by atoms with Gasteiger partial charge < -0.3 is 20.6 Å². The van der Waals surface area contributed by atoms with Gasteiger partial charge in [0.05, 0.1) is 12.1 Å². The second-order valence-corrected chi connectivity index (χ2v) is 9.19. The van der Waals surface area contributed by atoms with Crippen molar-refractivity contribution in [2.45, 2.75) is 39.0 Å². The number of fused-ring (bicyclic) bond motifs is 1. The van der Waals surface area contributed by atoms with Crippen molar-refractivity contribution in [3.63, 3.8) is 0 Å². The van der Waals surface area contributed by atoms with Gasteiger partial charge >= 0.3 is 0 Å². The maximum Gasteiger partial charge on any atom is 0.270 e. The van der Waals surface area contributed by atoms with Gasteiger partial charge in [-0.2, -0.15) is 0 Å². The van der Waals surface area contributed by atoms with Crippen LogP contribution in [0.5, 0.6) is 0 Å². The lowest BCUT2D eigenvalue weighted by molar-refractivity contribution is -0.132. The highest BCUT2D eigenvalue weighted by Crippen LogP contribution is 2.27.